The number of benzene rings is 2. The van der Waals surface area contributed by atoms with Crippen molar-refractivity contribution in [2.75, 3.05) is 12.0 Å². The molecular formula is C19H16N2O3S. The predicted molar refractivity (Wildman–Crippen MR) is 99.7 cm³/mol. The van der Waals surface area contributed by atoms with E-state index in [9.17, 15) is 9.59 Å². The van der Waals surface area contributed by atoms with Gasteiger partial charge in [-0.1, -0.05) is 60.2 Å². The van der Waals surface area contributed by atoms with Gasteiger partial charge in [-0.2, -0.15) is 0 Å². The van der Waals surface area contributed by atoms with Gasteiger partial charge in [0.1, 0.15) is 10.8 Å². The van der Waals surface area contributed by atoms with E-state index in [1.165, 1.54) is 12.0 Å². The van der Waals surface area contributed by atoms with Gasteiger partial charge in [0, 0.05) is 5.56 Å². The van der Waals surface area contributed by atoms with Gasteiger partial charge in [0.05, 0.1) is 12.8 Å². The highest BCUT2D eigenvalue weighted by Gasteiger charge is 2.42. The number of nitrogens with zero attached hydrogens (tertiary/aromatic N) is 2. The van der Waals surface area contributed by atoms with Gasteiger partial charge >= 0.3 is 5.97 Å². The maximum atomic E-state index is 13.1. The lowest BCUT2D eigenvalue weighted by Gasteiger charge is -2.31. The van der Waals surface area contributed by atoms with Crippen LogP contribution in [0.2, 0.25) is 0 Å². The minimum atomic E-state index is -1.21. The zero-order valence-corrected chi connectivity index (χ0v) is 14.6. The second-order valence-electron chi connectivity index (χ2n) is 5.61. The van der Waals surface area contributed by atoms with Crippen LogP contribution in [0.5, 0.6) is 0 Å². The summed E-state index contributed by atoms with van der Waals surface area (Å²) >= 11 is 5.21. The molecule has 0 aromatic heterocycles. The van der Waals surface area contributed by atoms with Crippen molar-refractivity contribution in [3.63, 3.8) is 0 Å². The molecule has 3 rings (SSSR count). The van der Waals surface area contributed by atoms with E-state index in [0.717, 1.165) is 11.1 Å². The van der Waals surface area contributed by atoms with Crippen LogP contribution in [0, 0.1) is 12.8 Å². The molecule has 2 aromatic rings. The number of carbonyl (C=O) groups excluding carboxylic acids is 2. The van der Waals surface area contributed by atoms with Crippen molar-refractivity contribution in [2.45, 2.75) is 6.92 Å². The molecule has 0 saturated carbocycles. The van der Waals surface area contributed by atoms with Gasteiger partial charge in [0.2, 0.25) is 0 Å². The SMILES string of the molecule is COC(=O)C1C(=O)N(c2ccc(C)cc2)C(c2ccccc2)=NC1=S. The van der Waals surface area contributed by atoms with Crippen molar-refractivity contribution in [2.24, 2.45) is 10.9 Å². The smallest absolute Gasteiger partial charge is 0.325 e. The van der Waals surface area contributed by atoms with Crippen molar-refractivity contribution in [3.05, 3.63) is 65.7 Å². The Morgan fingerprint density at radius 1 is 1.12 bits per heavy atom. The maximum Gasteiger partial charge on any atom is 0.325 e. The Bertz CT molecular complexity index is 860. The zero-order valence-electron chi connectivity index (χ0n) is 13.8. The Hall–Kier alpha value is -2.86. The third-order valence-corrected chi connectivity index (χ3v) is 4.23. The Kier molecular flexibility index (Phi) is 4.72. The molecule has 0 bridgehead atoms. The van der Waals surface area contributed by atoms with Crippen LogP contribution in [0.3, 0.4) is 0 Å². The number of rotatable bonds is 3. The van der Waals surface area contributed by atoms with Gasteiger partial charge in [0.25, 0.3) is 5.91 Å². The molecule has 6 heteroatoms. The highest BCUT2D eigenvalue weighted by molar-refractivity contribution is 7.80. The standard InChI is InChI=1S/C19H16N2O3S/c1-12-8-10-14(11-9-12)21-16(13-6-4-3-5-7-13)20-17(25)15(18(21)22)19(23)24-2/h3-11,15H,1-2H3. The molecule has 1 heterocycles. The molecule has 1 atom stereocenters. The summed E-state index contributed by atoms with van der Waals surface area (Å²) in [6.07, 6.45) is 0. The fraction of sp³-hybridized carbons (Fsp3) is 0.158. The fourth-order valence-electron chi connectivity index (χ4n) is 2.60. The molecule has 1 aliphatic heterocycles. The van der Waals surface area contributed by atoms with Crippen LogP contribution in [-0.4, -0.2) is 29.8 Å². The zero-order chi connectivity index (χ0) is 18.0. The third kappa shape index (κ3) is 3.21. The van der Waals surface area contributed by atoms with Crippen LogP contribution >= 0.6 is 12.2 Å². The summed E-state index contributed by atoms with van der Waals surface area (Å²) in [5, 5.41) is 0. The predicted octanol–water partition coefficient (Wildman–Crippen LogP) is 2.91. The van der Waals surface area contributed by atoms with Crippen LogP contribution in [0.25, 0.3) is 0 Å². The number of aliphatic imine (C=N–C) groups is 1. The van der Waals surface area contributed by atoms with E-state index in [1.54, 1.807) is 0 Å². The van der Waals surface area contributed by atoms with E-state index in [2.05, 4.69) is 4.99 Å². The first kappa shape index (κ1) is 17.0. The summed E-state index contributed by atoms with van der Waals surface area (Å²) in [5.74, 6) is -1.98. The molecule has 0 saturated heterocycles. The van der Waals surface area contributed by atoms with E-state index in [0.29, 0.717) is 11.5 Å². The first-order chi connectivity index (χ1) is 12.0. The fourth-order valence-corrected chi connectivity index (χ4v) is 2.89. The lowest BCUT2D eigenvalue weighted by molar-refractivity contribution is -0.146. The Balaban J connectivity index is 2.16. The molecule has 0 aliphatic carbocycles. The molecular weight excluding hydrogens is 336 g/mol. The average Bonchev–Trinajstić information content (AvgIpc) is 2.63. The summed E-state index contributed by atoms with van der Waals surface area (Å²) in [6.45, 7) is 1.96. The maximum absolute atomic E-state index is 13.1. The summed E-state index contributed by atoms with van der Waals surface area (Å²) < 4.78 is 4.73. The molecule has 0 fully saturated rings. The van der Waals surface area contributed by atoms with E-state index in [1.807, 2.05) is 61.5 Å². The van der Waals surface area contributed by atoms with Crippen molar-refractivity contribution in [1.82, 2.24) is 0 Å². The molecule has 1 amide bonds. The molecule has 0 spiro atoms. The van der Waals surface area contributed by atoms with Gasteiger partial charge in [-0.25, -0.2) is 4.99 Å². The molecule has 1 aliphatic rings. The van der Waals surface area contributed by atoms with Crippen LogP contribution in [-0.2, 0) is 14.3 Å². The number of hydrogen-bond acceptors (Lipinski definition) is 4. The molecule has 126 valence electrons. The Morgan fingerprint density at radius 3 is 2.36 bits per heavy atom. The van der Waals surface area contributed by atoms with Gasteiger partial charge in [-0.15, -0.1) is 0 Å². The minimum Gasteiger partial charge on any atom is -0.468 e. The number of esters is 1. The van der Waals surface area contributed by atoms with Crippen LogP contribution in [0.4, 0.5) is 5.69 Å². The van der Waals surface area contributed by atoms with Crippen LogP contribution < -0.4 is 4.90 Å². The number of aryl methyl sites for hydroxylation is 1. The lowest BCUT2D eigenvalue weighted by atomic mass is 10.0. The molecule has 25 heavy (non-hydrogen) atoms. The van der Waals surface area contributed by atoms with Gasteiger partial charge in [0.15, 0.2) is 5.92 Å². The average molecular weight is 352 g/mol. The minimum absolute atomic E-state index is 0.0130. The highest BCUT2D eigenvalue weighted by atomic mass is 32.1. The lowest BCUT2D eigenvalue weighted by Crippen LogP contribution is -2.50. The summed E-state index contributed by atoms with van der Waals surface area (Å²) in [6, 6.07) is 16.7. The van der Waals surface area contributed by atoms with Crippen molar-refractivity contribution in [3.8, 4) is 0 Å². The van der Waals surface area contributed by atoms with Gasteiger partial charge in [-0.3, -0.25) is 14.5 Å². The van der Waals surface area contributed by atoms with Crippen molar-refractivity contribution < 1.29 is 14.3 Å². The first-order valence-corrected chi connectivity index (χ1v) is 8.10. The number of thiocarbonyl (C=S) groups is 1. The van der Waals surface area contributed by atoms with Crippen LogP contribution in [0.1, 0.15) is 11.1 Å². The van der Waals surface area contributed by atoms with Gasteiger partial charge in [-0.05, 0) is 19.1 Å². The number of ether oxygens (including phenoxy) is 1. The van der Waals surface area contributed by atoms with Crippen molar-refractivity contribution in [1.29, 1.82) is 0 Å². The number of hydrogen-bond donors (Lipinski definition) is 0. The number of carbonyl (C=O) groups is 2. The normalized spacial score (nSPS) is 17.3. The third-order valence-electron chi connectivity index (χ3n) is 3.90. The van der Waals surface area contributed by atoms with Crippen molar-refractivity contribution >= 4 is 40.6 Å². The molecule has 0 radical (unpaired) electrons. The molecule has 0 N–H and O–H groups in total. The Labute approximate surface area is 150 Å². The molecule has 1 unspecified atom stereocenters. The number of anilines is 1. The quantitative estimate of drug-likeness (QED) is 0.484. The number of methoxy groups -OCH3 is 1. The Morgan fingerprint density at radius 2 is 1.76 bits per heavy atom. The van der Waals surface area contributed by atoms with E-state index in [4.69, 9.17) is 17.0 Å². The second-order valence-corrected chi connectivity index (χ2v) is 6.02. The topological polar surface area (TPSA) is 59.0 Å². The molecule has 5 nitrogen and oxygen atoms in total. The second kappa shape index (κ2) is 6.94. The van der Waals surface area contributed by atoms with E-state index >= 15 is 0 Å². The first-order valence-electron chi connectivity index (χ1n) is 7.69. The largest absolute Gasteiger partial charge is 0.468 e. The number of amidine groups is 1. The summed E-state index contributed by atoms with van der Waals surface area (Å²) in [4.78, 5) is 30.9. The van der Waals surface area contributed by atoms with Crippen LogP contribution in [0.15, 0.2) is 59.6 Å². The summed E-state index contributed by atoms with van der Waals surface area (Å²) in [7, 11) is 1.23. The monoisotopic (exact) mass is 352 g/mol. The number of amides is 1. The highest BCUT2D eigenvalue weighted by Crippen LogP contribution is 2.26. The van der Waals surface area contributed by atoms with Gasteiger partial charge < -0.3 is 4.74 Å². The van der Waals surface area contributed by atoms with E-state index in [-0.39, 0.29) is 4.99 Å². The summed E-state index contributed by atoms with van der Waals surface area (Å²) in [5.41, 5.74) is 2.42. The molecule has 2 aromatic carbocycles. The van der Waals surface area contributed by atoms with E-state index < -0.39 is 17.8 Å².